The first-order valence-electron chi connectivity index (χ1n) is 13.2. The molecule has 3 aromatic carbocycles. The number of aromatic nitrogens is 4. The highest BCUT2D eigenvalue weighted by Crippen LogP contribution is 2.30. The zero-order valence-electron chi connectivity index (χ0n) is 22.3. The molecular formula is C31H28Cl2N6O. The Hall–Kier alpha value is -3.94. The van der Waals surface area contributed by atoms with Crippen LogP contribution in [0.2, 0.25) is 10.0 Å². The minimum absolute atomic E-state index is 0.0787. The number of hydrogen-bond acceptors (Lipinski definition) is 5. The fourth-order valence-electron chi connectivity index (χ4n) is 5.13. The lowest BCUT2D eigenvalue weighted by atomic mass is 10.1. The van der Waals surface area contributed by atoms with Crippen molar-refractivity contribution in [1.29, 1.82) is 0 Å². The number of anilines is 1. The Bertz CT molecular complexity index is 1670. The summed E-state index contributed by atoms with van der Waals surface area (Å²) in [5.74, 6) is 1.50. The van der Waals surface area contributed by atoms with Crippen molar-refractivity contribution in [3.05, 3.63) is 111 Å². The van der Waals surface area contributed by atoms with Crippen LogP contribution in [-0.4, -0.2) is 56.7 Å². The molecule has 0 spiro atoms. The van der Waals surface area contributed by atoms with Gasteiger partial charge < -0.3 is 9.80 Å². The molecule has 9 heteroatoms. The lowest BCUT2D eigenvalue weighted by Crippen LogP contribution is -2.49. The number of carbonyl (C=O) groups excluding carboxylic acids is 1. The number of piperazine rings is 1. The number of benzene rings is 3. The lowest BCUT2D eigenvalue weighted by Gasteiger charge is -2.36. The van der Waals surface area contributed by atoms with Crippen molar-refractivity contribution in [3.63, 3.8) is 0 Å². The first kappa shape index (κ1) is 26.3. The van der Waals surface area contributed by atoms with Gasteiger partial charge in [0.05, 0.1) is 16.8 Å². The average Bonchev–Trinajstić information content (AvgIpc) is 3.29. The Labute approximate surface area is 243 Å². The monoisotopic (exact) mass is 570 g/mol. The van der Waals surface area contributed by atoms with Gasteiger partial charge in [-0.1, -0.05) is 71.2 Å². The molecule has 7 nitrogen and oxygen atoms in total. The highest BCUT2D eigenvalue weighted by atomic mass is 35.5. The van der Waals surface area contributed by atoms with Crippen molar-refractivity contribution in [1.82, 2.24) is 24.6 Å². The van der Waals surface area contributed by atoms with Crippen molar-refractivity contribution < 1.29 is 4.79 Å². The van der Waals surface area contributed by atoms with Crippen LogP contribution in [0.15, 0.2) is 72.8 Å². The smallest absolute Gasteiger partial charge is 0.254 e. The zero-order valence-corrected chi connectivity index (χ0v) is 23.8. The average molecular weight is 572 g/mol. The maximum Gasteiger partial charge on any atom is 0.254 e. The normalized spacial score (nSPS) is 13.7. The molecule has 0 N–H and O–H groups in total. The molecule has 1 aliphatic heterocycles. The Morgan fingerprint density at radius 3 is 2.20 bits per heavy atom. The van der Waals surface area contributed by atoms with Gasteiger partial charge in [-0.3, -0.25) is 4.79 Å². The molecule has 40 heavy (non-hydrogen) atoms. The van der Waals surface area contributed by atoms with E-state index in [4.69, 9.17) is 38.3 Å². The van der Waals surface area contributed by atoms with Crippen molar-refractivity contribution in [2.24, 2.45) is 0 Å². The van der Waals surface area contributed by atoms with Crippen molar-refractivity contribution in [2.75, 3.05) is 31.1 Å². The molecule has 3 heterocycles. The van der Waals surface area contributed by atoms with Gasteiger partial charge >= 0.3 is 0 Å². The van der Waals surface area contributed by atoms with E-state index in [1.807, 2.05) is 46.8 Å². The van der Waals surface area contributed by atoms with E-state index in [0.717, 1.165) is 39.6 Å². The third-order valence-electron chi connectivity index (χ3n) is 7.19. The van der Waals surface area contributed by atoms with Crippen molar-refractivity contribution in [3.8, 4) is 5.69 Å². The number of nitrogens with zero attached hydrogens (tertiary/aromatic N) is 6. The predicted molar refractivity (Wildman–Crippen MR) is 160 cm³/mol. The quantitative estimate of drug-likeness (QED) is 0.248. The van der Waals surface area contributed by atoms with Gasteiger partial charge in [0.15, 0.2) is 5.65 Å². The highest BCUT2D eigenvalue weighted by molar-refractivity contribution is 6.35. The zero-order chi connectivity index (χ0) is 27.8. The molecule has 0 radical (unpaired) electrons. The molecular weight excluding hydrogens is 543 g/mol. The third kappa shape index (κ3) is 5.27. The van der Waals surface area contributed by atoms with Crippen LogP contribution in [-0.2, 0) is 6.42 Å². The maximum atomic E-state index is 13.2. The fourth-order valence-corrected chi connectivity index (χ4v) is 5.66. The van der Waals surface area contributed by atoms with Crippen LogP contribution in [0.4, 0.5) is 5.82 Å². The van der Waals surface area contributed by atoms with Gasteiger partial charge in [-0.05, 0) is 49.7 Å². The van der Waals surface area contributed by atoms with Crippen LogP contribution in [0.5, 0.6) is 0 Å². The summed E-state index contributed by atoms with van der Waals surface area (Å²) in [5.41, 5.74) is 5.45. The molecule has 0 bridgehead atoms. The number of halogens is 2. The Morgan fingerprint density at radius 1 is 0.850 bits per heavy atom. The van der Waals surface area contributed by atoms with Gasteiger partial charge in [0.25, 0.3) is 5.91 Å². The lowest BCUT2D eigenvalue weighted by molar-refractivity contribution is 0.0746. The van der Waals surface area contributed by atoms with Crippen LogP contribution < -0.4 is 4.90 Å². The van der Waals surface area contributed by atoms with E-state index in [1.165, 1.54) is 5.56 Å². The van der Waals surface area contributed by atoms with E-state index in [2.05, 4.69) is 36.1 Å². The van der Waals surface area contributed by atoms with Crippen molar-refractivity contribution >= 4 is 46.0 Å². The molecule has 1 amide bonds. The van der Waals surface area contributed by atoms with E-state index in [-0.39, 0.29) is 5.91 Å². The second-order valence-electron chi connectivity index (χ2n) is 10.1. The van der Waals surface area contributed by atoms with Crippen LogP contribution in [0.1, 0.15) is 33.0 Å². The minimum atomic E-state index is -0.0787. The molecule has 2 aromatic heterocycles. The van der Waals surface area contributed by atoms with Gasteiger partial charge in [0.1, 0.15) is 11.6 Å². The summed E-state index contributed by atoms with van der Waals surface area (Å²) in [5, 5.41) is 6.70. The molecule has 0 unspecified atom stereocenters. The van der Waals surface area contributed by atoms with Gasteiger partial charge in [0, 0.05) is 48.2 Å². The second kappa shape index (κ2) is 10.9. The fraction of sp³-hybridized carbons (Fsp3) is 0.226. The largest absolute Gasteiger partial charge is 0.352 e. The van der Waals surface area contributed by atoms with E-state index in [9.17, 15) is 4.79 Å². The molecule has 6 rings (SSSR count). The van der Waals surface area contributed by atoms with Crippen LogP contribution in [0, 0.1) is 13.8 Å². The standard InChI is InChI=1S/C31H28Cl2N6O/c1-20-8-10-22(11-9-20)16-27-34-29(28-21(2)36-39(30(28)35-27)26-6-4-3-5-7-26)37-12-14-38(15-13-37)31(40)23-17-24(32)19-25(33)18-23/h3-11,17-19H,12-16H2,1-2H3. The number of carbonyl (C=O) groups is 1. The Morgan fingerprint density at radius 2 is 1.52 bits per heavy atom. The molecule has 0 aliphatic carbocycles. The third-order valence-corrected chi connectivity index (χ3v) is 7.63. The summed E-state index contributed by atoms with van der Waals surface area (Å²) in [6.07, 6.45) is 0.607. The molecule has 1 aliphatic rings. The number of amides is 1. The van der Waals surface area contributed by atoms with Crippen LogP contribution in [0.25, 0.3) is 16.7 Å². The summed E-state index contributed by atoms with van der Waals surface area (Å²) >= 11 is 12.3. The number of fused-ring (bicyclic) bond motifs is 1. The van der Waals surface area contributed by atoms with Gasteiger partial charge in [0.2, 0.25) is 0 Å². The molecule has 1 fully saturated rings. The molecule has 0 atom stereocenters. The van der Waals surface area contributed by atoms with Crippen LogP contribution in [0.3, 0.4) is 0 Å². The SMILES string of the molecule is Cc1ccc(Cc2nc(N3CCN(C(=O)c4cc(Cl)cc(Cl)c4)CC3)c3c(C)nn(-c4ccccc4)c3n2)cc1. The second-order valence-corrected chi connectivity index (χ2v) is 11.0. The summed E-state index contributed by atoms with van der Waals surface area (Å²) in [7, 11) is 0. The van der Waals surface area contributed by atoms with E-state index in [0.29, 0.717) is 48.2 Å². The molecule has 202 valence electrons. The maximum absolute atomic E-state index is 13.2. The molecule has 5 aromatic rings. The topological polar surface area (TPSA) is 67.2 Å². The summed E-state index contributed by atoms with van der Waals surface area (Å²) in [6, 6.07) is 23.4. The Balaban J connectivity index is 1.35. The van der Waals surface area contributed by atoms with Gasteiger partial charge in [-0.2, -0.15) is 5.10 Å². The minimum Gasteiger partial charge on any atom is -0.352 e. The first-order chi connectivity index (χ1) is 19.4. The number of rotatable bonds is 5. The van der Waals surface area contributed by atoms with E-state index in [1.54, 1.807) is 18.2 Å². The first-order valence-corrected chi connectivity index (χ1v) is 14.0. The molecule has 1 saturated heterocycles. The van der Waals surface area contributed by atoms with Gasteiger partial charge in [-0.15, -0.1) is 0 Å². The summed E-state index contributed by atoms with van der Waals surface area (Å²) in [6.45, 7) is 6.44. The highest BCUT2D eigenvalue weighted by Gasteiger charge is 2.27. The van der Waals surface area contributed by atoms with Crippen LogP contribution >= 0.6 is 23.2 Å². The van der Waals surface area contributed by atoms with Gasteiger partial charge in [-0.25, -0.2) is 14.6 Å². The predicted octanol–water partition coefficient (Wildman–Crippen LogP) is 6.29. The summed E-state index contributed by atoms with van der Waals surface area (Å²) < 4.78 is 1.90. The summed E-state index contributed by atoms with van der Waals surface area (Å²) in [4.78, 5) is 27.4. The number of aryl methyl sites for hydroxylation is 2. The number of para-hydroxylation sites is 1. The van der Waals surface area contributed by atoms with Crippen molar-refractivity contribution in [2.45, 2.75) is 20.3 Å². The van der Waals surface area contributed by atoms with E-state index >= 15 is 0 Å². The van der Waals surface area contributed by atoms with E-state index < -0.39 is 0 Å². The Kier molecular flexibility index (Phi) is 7.17. The number of hydrogen-bond donors (Lipinski definition) is 0. The molecule has 0 saturated carbocycles.